The highest BCUT2D eigenvalue weighted by molar-refractivity contribution is 7.47. The van der Waals surface area contributed by atoms with Crippen LogP contribution in [0.15, 0.2) is 72.9 Å². The number of phosphoric ester groups is 1. The first-order valence-corrected chi connectivity index (χ1v) is 27.3. The second-order valence-electron chi connectivity index (χ2n) is 18.5. The molecule has 8 nitrogen and oxygen atoms in total. The van der Waals surface area contributed by atoms with Gasteiger partial charge < -0.3 is 19.8 Å². The van der Waals surface area contributed by atoms with Crippen LogP contribution >= 0.6 is 7.82 Å². The van der Waals surface area contributed by atoms with Gasteiger partial charge in [0.05, 0.1) is 39.9 Å². The molecule has 9 heteroatoms. The second-order valence-corrected chi connectivity index (χ2v) is 20.0. The minimum atomic E-state index is -4.34. The fraction of sp³-hybridized carbons (Fsp3) is 0.759. The van der Waals surface area contributed by atoms with Crippen molar-refractivity contribution in [3.05, 3.63) is 72.9 Å². The number of hydrogen-bond donors (Lipinski definition) is 3. The van der Waals surface area contributed by atoms with Crippen LogP contribution in [0.3, 0.4) is 0 Å². The molecule has 1 amide bonds. The third-order valence-corrected chi connectivity index (χ3v) is 12.2. The number of hydrogen-bond acceptors (Lipinski definition) is 5. The normalized spacial score (nSPS) is 14.7. The number of allylic oxidation sites excluding steroid dienone is 11. The van der Waals surface area contributed by atoms with Crippen molar-refractivity contribution in [2.75, 3.05) is 40.9 Å². The molecule has 0 radical (unpaired) electrons. The van der Waals surface area contributed by atoms with E-state index in [1.54, 1.807) is 6.08 Å². The highest BCUT2D eigenvalue weighted by atomic mass is 31.2. The van der Waals surface area contributed by atoms with Gasteiger partial charge in [0.15, 0.2) is 0 Å². The quantitative estimate of drug-likeness (QED) is 0.0243. The van der Waals surface area contributed by atoms with Crippen LogP contribution in [0.25, 0.3) is 0 Å². The molecule has 366 valence electrons. The molecule has 3 N–H and O–H groups in total. The Morgan fingerprint density at radius 2 is 0.952 bits per heavy atom. The maximum Gasteiger partial charge on any atom is 0.472 e. The minimum Gasteiger partial charge on any atom is -0.387 e. The van der Waals surface area contributed by atoms with E-state index in [-0.39, 0.29) is 19.1 Å². The number of rotatable bonds is 46. The topological polar surface area (TPSA) is 105 Å². The average molecular weight is 904 g/mol. The average Bonchev–Trinajstić information content (AvgIpc) is 3.24. The zero-order valence-electron chi connectivity index (χ0n) is 41.5. The predicted molar refractivity (Wildman–Crippen MR) is 272 cm³/mol. The first kappa shape index (κ1) is 60.9. The van der Waals surface area contributed by atoms with E-state index in [0.29, 0.717) is 17.4 Å². The van der Waals surface area contributed by atoms with Crippen molar-refractivity contribution >= 4 is 13.7 Å². The van der Waals surface area contributed by atoms with Crippen molar-refractivity contribution in [1.29, 1.82) is 0 Å². The number of aliphatic hydroxyl groups excluding tert-OH is 1. The lowest BCUT2D eigenvalue weighted by Crippen LogP contribution is -2.45. The molecule has 0 aromatic carbocycles. The summed E-state index contributed by atoms with van der Waals surface area (Å²) in [4.78, 5) is 23.2. The Labute approximate surface area is 389 Å². The fourth-order valence-electron chi connectivity index (χ4n) is 7.13. The maximum atomic E-state index is 12.9. The Bertz CT molecular complexity index is 1250. The number of amides is 1. The number of carbonyl (C=O) groups excluding carboxylic acids is 1. The largest absolute Gasteiger partial charge is 0.472 e. The molecule has 0 fully saturated rings. The van der Waals surface area contributed by atoms with Crippen LogP contribution in [0.1, 0.15) is 213 Å². The molecule has 0 aliphatic rings. The van der Waals surface area contributed by atoms with E-state index in [0.717, 1.165) is 70.6 Å². The number of carbonyl (C=O) groups is 1. The van der Waals surface area contributed by atoms with Gasteiger partial charge in [-0.1, -0.05) is 215 Å². The van der Waals surface area contributed by atoms with Gasteiger partial charge in [-0.25, -0.2) is 4.57 Å². The molecule has 0 saturated carbocycles. The summed E-state index contributed by atoms with van der Waals surface area (Å²) in [6.45, 7) is 4.69. The number of likely N-dealkylation sites (N-methyl/N-ethyl adjacent to an activating group) is 1. The van der Waals surface area contributed by atoms with Gasteiger partial charge in [-0.15, -0.1) is 0 Å². The summed E-state index contributed by atoms with van der Waals surface area (Å²) in [7, 11) is 1.56. The third-order valence-electron chi connectivity index (χ3n) is 11.2. The number of quaternary nitrogens is 1. The van der Waals surface area contributed by atoms with Crippen molar-refractivity contribution in [1.82, 2.24) is 5.32 Å². The van der Waals surface area contributed by atoms with Gasteiger partial charge >= 0.3 is 7.82 Å². The Morgan fingerprint density at radius 1 is 0.556 bits per heavy atom. The maximum absolute atomic E-state index is 12.9. The standard InChI is InChI=1S/C54H99N2O6P/c1-6-8-10-12-14-16-18-20-22-23-24-25-26-27-28-29-30-31-32-33-34-36-38-40-42-44-46-48-54(58)55-52(51-62-63(59,60)61-50-49-56(3,4)5)53(57)47-45-43-41-39-37-35-21-19-17-15-13-11-9-7-2/h8,10,14,16,20,22,24-25,27-28,45,47,52-53,57H,6-7,9,11-13,15,17-19,21,23,26,29-44,46,48-51H2,1-5H3,(H-,55,58,59,60)/p+1/b10-8-,16-14-,22-20-,25-24-,28-27-,47-45+. The number of unbranched alkanes of at least 4 members (excludes halogenated alkanes) is 23. The number of aliphatic hydroxyl groups is 1. The summed E-state index contributed by atoms with van der Waals surface area (Å²) >= 11 is 0. The Hall–Kier alpha value is -2.06. The molecule has 0 aliphatic carbocycles. The van der Waals surface area contributed by atoms with Crippen LogP contribution in [0.2, 0.25) is 0 Å². The van der Waals surface area contributed by atoms with E-state index in [2.05, 4.69) is 79.9 Å². The molecule has 0 rings (SSSR count). The van der Waals surface area contributed by atoms with E-state index in [9.17, 15) is 19.4 Å². The van der Waals surface area contributed by atoms with Gasteiger partial charge in [-0.3, -0.25) is 13.8 Å². The zero-order chi connectivity index (χ0) is 46.4. The molecule has 0 aliphatic heterocycles. The Morgan fingerprint density at radius 3 is 1.40 bits per heavy atom. The molecule has 0 aromatic rings. The van der Waals surface area contributed by atoms with Crippen LogP contribution in [0.5, 0.6) is 0 Å². The van der Waals surface area contributed by atoms with Crippen LogP contribution in [0, 0.1) is 0 Å². The fourth-order valence-corrected chi connectivity index (χ4v) is 7.86. The van der Waals surface area contributed by atoms with Crippen molar-refractivity contribution < 1.29 is 32.9 Å². The Balaban J connectivity index is 4.23. The number of nitrogens with one attached hydrogen (secondary N) is 1. The smallest absolute Gasteiger partial charge is 0.387 e. The number of nitrogens with zero attached hydrogens (tertiary/aromatic N) is 1. The van der Waals surface area contributed by atoms with Gasteiger partial charge in [0.1, 0.15) is 13.2 Å². The van der Waals surface area contributed by atoms with Gasteiger partial charge in [0, 0.05) is 6.42 Å². The lowest BCUT2D eigenvalue weighted by Gasteiger charge is -2.25. The summed E-state index contributed by atoms with van der Waals surface area (Å²) in [6.07, 6.45) is 61.2. The van der Waals surface area contributed by atoms with Gasteiger partial charge in [-0.05, 0) is 64.2 Å². The number of phosphoric acid groups is 1. The highest BCUT2D eigenvalue weighted by Crippen LogP contribution is 2.43. The van der Waals surface area contributed by atoms with Crippen LogP contribution in [0.4, 0.5) is 0 Å². The summed E-state index contributed by atoms with van der Waals surface area (Å²) in [5.41, 5.74) is 0. The molecule has 0 heterocycles. The molecule has 0 bridgehead atoms. The first-order chi connectivity index (χ1) is 30.5. The summed E-state index contributed by atoms with van der Waals surface area (Å²) in [5.74, 6) is -0.183. The van der Waals surface area contributed by atoms with Gasteiger partial charge in [-0.2, -0.15) is 0 Å². The monoisotopic (exact) mass is 904 g/mol. The molecular weight excluding hydrogens is 804 g/mol. The first-order valence-electron chi connectivity index (χ1n) is 25.8. The predicted octanol–water partition coefficient (Wildman–Crippen LogP) is 15.1. The zero-order valence-corrected chi connectivity index (χ0v) is 42.4. The lowest BCUT2D eigenvalue weighted by molar-refractivity contribution is -0.870. The molecule has 0 spiro atoms. The molecule has 0 aromatic heterocycles. The molecule has 3 atom stereocenters. The van der Waals surface area contributed by atoms with E-state index in [4.69, 9.17) is 9.05 Å². The SMILES string of the molecule is CC/C=C\C/C=C\C/C=C\C/C=C\C/C=C\CCCCCCCCCCCCCC(=O)NC(COP(=O)(O)OCC[N+](C)(C)C)C(O)/C=C/CCCCCCCCCCCCCC. The van der Waals surface area contributed by atoms with Crippen molar-refractivity contribution in [2.24, 2.45) is 0 Å². The van der Waals surface area contributed by atoms with E-state index < -0.39 is 20.0 Å². The van der Waals surface area contributed by atoms with Crippen molar-refractivity contribution in [3.63, 3.8) is 0 Å². The van der Waals surface area contributed by atoms with Gasteiger partial charge in [0.25, 0.3) is 0 Å². The van der Waals surface area contributed by atoms with Crippen molar-refractivity contribution in [3.8, 4) is 0 Å². The van der Waals surface area contributed by atoms with Crippen molar-refractivity contribution in [2.45, 2.75) is 225 Å². The third kappa shape index (κ3) is 47.7. The lowest BCUT2D eigenvalue weighted by atomic mass is 10.0. The molecule has 63 heavy (non-hydrogen) atoms. The van der Waals surface area contributed by atoms with Crippen LogP contribution in [-0.2, 0) is 18.4 Å². The van der Waals surface area contributed by atoms with E-state index in [1.165, 1.54) is 122 Å². The Kier molecular flexibility index (Phi) is 43.6. The van der Waals surface area contributed by atoms with Crippen LogP contribution in [-0.4, -0.2) is 73.4 Å². The summed E-state index contributed by atoms with van der Waals surface area (Å²) in [5, 5.41) is 13.9. The summed E-state index contributed by atoms with van der Waals surface area (Å²) < 4.78 is 23.6. The van der Waals surface area contributed by atoms with Gasteiger partial charge in [0.2, 0.25) is 5.91 Å². The van der Waals surface area contributed by atoms with Crippen LogP contribution < -0.4 is 5.32 Å². The minimum absolute atomic E-state index is 0.0583. The molecular formula is C54H100N2O6P+. The van der Waals surface area contributed by atoms with E-state index >= 15 is 0 Å². The van der Waals surface area contributed by atoms with E-state index in [1.807, 2.05) is 27.2 Å². The summed E-state index contributed by atoms with van der Waals surface area (Å²) in [6, 6.07) is -0.851. The molecule has 3 unspecified atom stereocenters. The highest BCUT2D eigenvalue weighted by Gasteiger charge is 2.27. The molecule has 0 saturated heterocycles. The second kappa shape index (κ2) is 45.1.